The van der Waals surface area contributed by atoms with Gasteiger partial charge in [-0.15, -0.1) is 0 Å². The first kappa shape index (κ1) is 25.0. The highest BCUT2D eigenvalue weighted by Gasteiger charge is 2.36. The Kier molecular flexibility index (Phi) is 7.30. The highest BCUT2D eigenvalue weighted by molar-refractivity contribution is 9.10. The summed E-state index contributed by atoms with van der Waals surface area (Å²) in [7, 11) is 0. The zero-order valence-electron chi connectivity index (χ0n) is 20.0. The van der Waals surface area contributed by atoms with E-state index in [-0.39, 0.29) is 12.3 Å². The summed E-state index contributed by atoms with van der Waals surface area (Å²) < 4.78 is 8.84. The van der Waals surface area contributed by atoms with Crippen LogP contribution in [0.3, 0.4) is 0 Å². The molecule has 1 saturated heterocycles. The number of benzene rings is 3. The van der Waals surface area contributed by atoms with Crippen LogP contribution in [0.5, 0.6) is 5.75 Å². The number of carbonyl (C=O) groups excluding carboxylic acids is 3. The maximum atomic E-state index is 13.1. The van der Waals surface area contributed by atoms with Crippen LogP contribution in [-0.4, -0.2) is 39.5 Å². The maximum Gasteiger partial charge on any atom is 0.293 e. The summed E-state index contributed by atoms with van der Waals surface area (Å²) in [5.74, 6) is 0.0667. The summed E-state index contributed by atoms with van der Waals surface area (Å²) in [4.78, 5) is 39.8. The van der Waals surface area contributed by atoms with Crippen molar-refractivity contribution < 1.29 is 19.1 Å². The third kappa shape index (κ3) is 5.55. The zero-order chi connectivity index (χ0) is 25.9. The van der Waals surface area contributed by atoms with Crippen molar-refractivity contribution in [2.45, 2.75) is 13.5 Å². The molecule has 0 spiro atoms. The van der Waals surface area contributed by atoms with Gasteiger partial charge in [-0.3, -0.25) is 19.3 Å². The van der Waals surface area contributed by atoms with Crippen LogP contribution in [0.1, 0.15) is 21.5 Å². The van der Waals surface area contributed by atoms with Crippen LogP contribution in [0.25, 0.3) is 17.0 Å². The van der Waals surface area contributed by atoms with Gasteiger partial charge in [-0.25, -0.2) is 0 Å². The summed E-state index contributed by atoms with van der Waals surface area (Å²) in [6, 6.07) is 22.7. The van der Waals surface area contributed by atoms with E-state index in [1.54, 1.807) is 18.2 Å². The van der Waals surface area contributed by atoms with Gasteiger partial charge in [0.1, 0.15) is 12.4 Å². The van der Waals surface area contributed by atoms with Crippen molar-refractivity contribution in [1.29, 1.82) is 0 Å². The molecule has 1 aliphatic rings. The molecule has 186 valence electrons. The van der Waals surface area contributed by atoms with E-state index < -0.39 is 11.1 Å². The minimum Gasteiger partial charge on any atom is -0.492 e. The largest absolute Gasteiger partial charge is 0.492 e. The van der Waals surface area contributed by atoms with Crippen molar-refractivity contribution in [3.63, 3.8) is 0 Å². The minimum atomic E-state index is -0.459. The fourth-order valence-electron chi connectivity index (χ4n) is 4.13. The van der Waals surface area contributed by atoms with Gasteiger partial charge in [-0.2, -0.15) is 0 Å². The third-order valence-electron chi connectivity index (χ3n) is 6.05. The van der Waals surface area contributed by atoms with Crippen molar-refractivity contribution in [2.24, 2.45) is 0 Å². The Bertz CT molecular complexity index is 1530. The molecule has 1 aromatic heterocycles. The highest BCUT2D eigenvalue weighted by Crippen LogP contribution is 2.35. The van der Waals surface area contributed by atoms with Crippen molar-refractivity contribution in [3.05, 3.63) is 105 Å². The number of hydrogen-bond acceptors (Lipinski definition) is 5. The summed E-state index contributed by atoms with van der Waals surface area (Å²) >= 11 is 4.38. The van der Waals surface area contributed by atoms with Gasteiger partial charge in [0.15, 0.2) is 5.78 Å². The minimum absolute atomic E-state index is 0.275. The second-order valence-corrected chi connectivity index (χ2v) is 10.6. The number of amides is 2. The zero-order valence-corrected chi connectivity index (χ0v) is 22.4. The number of aromatic nitrogens is 1. The van der Waals surface area contributed by atoms with E-state index in [0.717, 1.165) is 48.9 Å². The Morgan fingerprint density at radius 2 is 1.78 bits per heavy atom. The number of ether oxygens (including phenoxy) is 1. The molecule has 0 radical (unpaired) electrons. The number of carbonyl (C=O) groups is 3. The lowest BCUT2D eigenvalue weighted by Gasteiger charge is -2.11. The quantitative estimate of drug-likeness (QED) is 0.173. The number of Topliss-reactive ketones (excluding diaryl/α,β-unsaturated/α-hetero) is 1. The lowest BCUT2D eigenvalue weighted by molar-refractivity contribution is -0.122. The van der Waals surface area contributed by atoms with Crippen LogP contribution in [-0.2, 0) is 11.3 Å². The van der Waals surface area contributed by atoms with E-state index in [0.29, 0.717) is 23.6 Å². The number of imide groups is 1. The SMILES string of the molecule is Cc1ccc(C(=O)CN2C(=O)S/C(=C\c3cn(CCOc4ccccc4)c4ccc(Br)cc34)C2=O)cc1. The normalized spacial score (nSPS) is 14.6. The summed E-state index contributed by atoms with van der Waals surface area (Å²) in [5.41, 5.74) is 3.30. The smallest absolute Gasteiger partial charge is 0.293 e. The van der Waals surface area contributed by atoms with Gasteiger partial charge < -0.3 is 9.30 Å². The van der Waals surface area contributed by atoms with Gasteiger partial charge in [0.05, 0.1) is 18.0 Å². The molecule has 0 saturated carbocycles. The molecule has 2 amide bonds. The molecule has 2 heterocycles. The third-order valence-corrected chi connectivity index (χ3v) is 7.45. The molecular formula is C29H23BrN2O4S. The molecular weight excluding hydrogens is 552 g/mol. The molecule has 0 aliphatic carbocycles. The van der Waals surface area contributed by atoms with Gasteiger partial charge in [-0.05, 0) is 55.1 Å². The van der Waals surface area contributed by atoms with E-state index in [9.17, 15) is 14.4 Å². The van der Waals surface area contributed by atoms with Gasteiger partial charge in [0.2, 0.25) is 0 Å². The number of aryl methyl sites for hydroxylation is 1. The average molecular weight is 575 g/mol. The first-order chi connectivity index (χ1) is 17.9. The number of fused-ring (bicyclic) bond motifs is 1. The standard InChI is InChI=1S/C29H23BrN2O4S/c1-19-7-9-20(10-8-19)26(33)18-32-28(34)27(37-29(32)35)15-21-17-31(25-12-11-22(30)16-24(21)25)13-14-36-23-5-3-2-4-6-23/h2-12,15-17H,13-14,18H2,1H3/b27-15-. The predicted octanol–water partition coefficient (Wildman–Crippen LogP) is 6.71. The van der Waals surface area contributed by atoms with E-state index in [2.05, 4.69) is 20.5 Å². The molecule has 6 nitrogen and oxygen atoms in total. The number of nitrogens with zero attached hydrogens (tertiary/aromatic N) is 2. The lowest BCUT2D eigenvalue weighted by Crippen LogP contribution is -2.33. The fourth-order valence-corrected chi connectivity index (χ4v) is 5.32. The molecule has 4 aromatic rings. The summed E-state index contributed by atoms with van der Waals surface area (Å²) in [6.07, 6.45) is 3.68. The van der Waals surface area contributed by atoms with E-state index >= 15 is 0 Å². The van der Waals surface area contributed by atoms with E-state index in [1.165, 1.54) is 0 Å². The van der Waals surface area contributed by atoms with Crippen molar-refractivity contribution in [3.8, 4) is 5.75 Å². The molecule has 8 heteroatoms. The van der Waals surface area contributed by atoms with Crippen LogP contribution in [0.4, 0.5) is 4.79 Å². The summed E-state index contributed by atoms with van der Waals surface area (Å²) in [5, 5.41) is 0.495. The summed E-state index contributed by atoms with van der Waals surface area (Å²) in [6.45, 7) is 2.73. The second-order valence-electron chi connectivity index (χ2n) is 8.66. The monoisotopic (exact) mass is 574 g/mol. The first-order valence-electron chi connectivity index (χ1n) is 11.7. The highest BCUT2D eigenvalue weighted by atomic mass is 79.9. The molecule has 5 rings (SSSR count). The van der Waals surface area contributed by atoms with Gasteiger partial charge in [-0.1, -0.05) is 64.0 Å². The van der Waals surface area contributed by atoms with Crippen molar-refractivity contribution >= 4 is 61.6 Å². The Morgan fingerprint density at radius 3 is 2.54 bits per heavy atom. The van der Waals surface area contributed by atoms with Crippen molar-refractivity contribution in [2.75, 3.05) is 13.2 Å². The van der Waals surface area contributed by atoms with Crippen LogP contribution >= 0.6 is 27.7 Å². The fraction of sp³-hybridized carbons (Fsp3) is 0.138. The van der Waals surface area contributed by atoms with Crippen LogP contribution in [0.2, 0.25) is 0 Å². The molecule has 0 atom stereocenters. The number of thioether (sulfide) groups is 1. The number of rotatable bonds is 8. The number of halogens is 1. The topological polar surface area (TPSA) is 68.6 Å². The average Bonchev–Trinajstić information content (AvgIpc) is 3.36. The van der Waals surface area contributed by atoms with Gasteiger partial charge >= 0.3 is 0 Å². The Morgan fingerprint density at radius 1 is 1.03 bits per heavy atom. The maximum absolute atomic E-state index is 13.1. The van der Waals surface area contributed by atoms with Crippen LogP contribution in [0.15, 0.2) is 88.4 Å². The van der Waals surface area contributed by atoms with E-state index in [4.69, 9.17) is 4.74 Å². The molecule has 1 aliphatic heterocycles. The molecule has 1 fully saturated rings. The lowest BCUT2D eigenvalue weighted by atomic mass is 10.1. The predicted molar refractivity (Wildman–Crippen MR) is 150 cm³/mol. The molecule has 3 aromatic carbocycles. The molecule has 0 unspecified atom stereocenters. The van der Waals surface area contributed by atoms with Gasteiger partial charge in [0, 0.05) is 32.7 Å². The van der Waals surface area contributed by atoms with Crippen molar-refractivity contribution in [1.82, 2.24) is 9.47 Å². The van der Waals surface area contributed by atoms with E-state index in [1.807, 2.05) is 73.8 Å². The van der Waals surface area contributed by atoms with Crippen LogP contribution < -0.4 is 4.74 Å². The Hall–Kier alpha value is -3.62. The first-order valence-corrected chi connectivity index (χ1v) is 13.3. The molecule has 0 N–H and O–H groups in total. The number of hydrogen-bond donors (Lipinski definition) is 0. The Labute approximate surface area is 227 Å². The molecule has 0 bridgehead atoms. The van der Waals surface area contributed by atoms with Crippen LogP contribution in [0, 0.1) is 6.92 Å². The second kappa shape index (κ2) is 10.8. The Balaban J connectivity index is 1.37. The van der Waals surface area contributed by atoms with Gasteiger partial charge in [0.25, 0.3) is 11.1 Å². The number of ketones is 1. The molecule has 37 heavy (non-hydrogen) atoms. The number of para-hydroxylation sites is 1.